The van der Waals surface area contributed by atoms with Gasteiger partial charge in [0.2, 0.25) is 5.60 Å². The second kappa shape index (κ2) is 22.8. The van der Waals surface area contributed by atoms with Gasteiger partial charge in [0.1, 0.15) is 36.6 Å². The highest BCUT2D eigenvalue weighted by molar-refractivity contribution is 6.74. The van der Waals surface area contributed by atoms with Crippen molar-refractivity contribution in [2.75, 3.05) is 27.6 Å². The largest absolute Gasteiger partial charge is 0.497 e. The summed E-state index contributed by atoms with van der Waals surface area (Å²) in [6.07, 6.45) is 6.75. The van der Waals surface area contributed by atoms with Crippen LogP contribution >= 0.6 is 0 Å². The van der Waals surface area contributed by atoms with E-state index in [1.807, 2.05) is 60.7 Å². The van der Waals surface area contributed by atoms with E-state index in [1.165, 1.54) is 0 Å². The highest BCUT2D eigenvalue weighted by Gasteiger charge is 2.54. The Bertz CT molecular complexity index is 1730. The Kier molecular flexibility index (Phi) is 19.1. The molecule has 0 amide bonds. The number of terminal acetylenes is 1. The maximum Gasteiger partial charge on any atom is 0.311 e. The smallest absolute Gasteiger partial charge is 0.311 e. The third-order valence-corrected chi connectivity index (χ3v) is 20.9. The van der Waals surface area contributed by atoms with Gasteiger partial charge in [0.05, 0.1) is 25.2 Å². The van der Waals surface area contributed by atoms with Crippen molar-refractivity contribution in [2.24, 2.45) is 5.41 Å². The first-order valence-electron chi connectivity index (χ1n) is 21.0. The van der Waals surface area contributed by atoms with Gasteiger partial charge in [0.25, 0.3) is 0 Å². The van der Waals surface area contributed by atoms with Gasteiger partial charge in [0, 0.05) is 19.1 Å². The molecule has 0 N–H and O–H groups in total. The van der Waals surface area contributed by atoms with Gasteiger partial charge in [-0.2, -0.15) is 0 Å². The molecule has 0 fully saturated rings. The molecule has 0 bridgehead atoms. The van der Waals surface area contributed by atoms with E-state index in [0.29, 0.717) is 47.9 Å². The van der Waals surface area contributed by atoms with E-state index in [-0.39, 0.29) is 20.0 Å². The first-order chi connectivity index (χ1) is 28.2. The lowest BCUT2D eigenvalue weighted by Crippen LogP contribution is -2.57. The van der Waals surface area contributed by atoms with Gasteiger partial charge in [-0.25, -0.2) is 0 Å². The van der Waals surface area contributed by atoms with Crippen molar-refractivity contribution in [2.45, 2.75) is 141 Å². The second-order valence-electron chi connectivity index (χ2n) is 16.1. The van der Waals surface area contributed by atoms with E-state index in [9.17, 15) is 9.59 Å². The molecular formula is C47H68O10Si2. The van der Waals surface area contributed by atoms with E-state index in [2.05, 4.69) is 59.3 Å². The molecule has 0 saturated carbocycles. The molecule has 0 unspecified atom stereocenters. The lowest BCUT2D eigenvalue weighted by atomic mass is 9.88. The van der Waals surface area contributed by atoms with Crippen molar-refractivity contribution in [3.8, 4) is 35.7 Å². The van der Waals surface area contributed by atoms with Crippen LogP contribution < -0.4 is 9.47 Å². The second-order valence-corrected chi connectivity index (χ2v) is 25.5. The summed E-state index contributed by atoms with van der Waals surface area (Å²) in [7, 11) is -1.95. The van der Waals surface area contributed by atoms with Crippen molar-refractivity contribution in [1.29, 1.82) is 0 Å². The van der Waals surface area contributed by atoms with Crippen molar-refractivity contribution in [3.05, 3.63) is 71.8 Å². The van der Waals surface area contributed by atoms with Crippen LogP contribution in [0.1, 0.15) is 74.3 Å². The molecule has 0 heterocycles. The van der Waals surface area contributed by atoms with Crippen molar-refractivity contribution in [3.63, 3.8) is 0 Å². The van der Waals surface area contributed by atoms with Crippen LogP contribution in [0.3, 0.4) is 0 Å². The summed E-state index contributed by atoms with van der Waals surface area (Å²) < 4.78 is 50.8. The van der Waals surface area contributed by atoms with Gasteiger partial charge >= 0.3 is 5.97 Å². The molecule has 0 aliphatic heterocycles. The minimum Gasteiger partial charge on any atom is -0.497 e. The number of para-hydroxylation sites is 1. The number of hydrogen-bond acceptors (Lipinski definition) is 10. The molecule has 3 rings (SSSR count). The lowest BCUT2D eigenvalue weighted by molar-refractivity contribution is -0.165. The average molecular weight is 849 g/mol. The van der Waals surface area contributed by atoms with Gasteiger partial charge in [0.15, 0.2) is 29.0 Å². The van der Waals surface area contributed by atoms with Gasteiger partial charge in [-0.05, 0) is 92.9 Å². The Hall–Kier alpha value is -3.73. The first-order valence-corrected chi connectivity index (χ1v) is 26.0. The van der Waals surface area contributed by atoms with Crippen molar-refractivity contribution >= 4 is 28.9 Å². The van der Waals surface area contributed by atoms with Crippen molar-refractivity contribution < 1.29 is 46.9 Å². The van der Waals surface area contributed by atoms with Crippen LogP contribution in [0.15, 0.2) is 66.2 Å². The number of carbonyl (C=O) groups is 2. The van der Waals surface area contributed by atoms with Gasteiger partial charge < -0.3 is 37.3 Å². The minimum atomic E-state index is -2.64. The van der Waals surface area contributed by atoms with Gasteiger partial charge in [-0.15, -0.1) is 6.42 Å². The minimum absolute atomic E-state index is 0.0234. The number of hydrogen-bond donors (Lipinski definition) is 0. The normalized spacial score (nSPS) is 18.9. The highest BCUT2D eigenvalue weighted by Crippen LogP contribution is 2.44. The molecule has 12 heteroatoms. The molecular weight excluding hydrogens is 781 g/mol. The van der Waals surface area contributed by atoms with Crippen LogP contribution in [0.2, 0.25) is 36.3 Å². The van der Waals surface area contributed by atoms with E-state index < -0.39 is 57.5 Å². The summed E-state index contributed by atoms with van der Waals surface area (Å²) in [6.45, 7) is 17.8. The number of methoxy groups -OCH3 is 2. The first kappa shape index (κ1) is 49.6. The van der Waals surface area contributed by atoms with Crippen LogP contribution in [-0.2, 0) is 44.0 Å². The molecule has 0 radical (unpaired) electrons. The van der Waals surface area contributed by atoms with Crippen LogP contribution in [0.25, 0.3) is 0 Å². The zero-order valence-corrected chi connectivity index (χ0v) is 39.3. The number of aldehydes is 1. The number of rotatable bonds is 24. The van der Waals surface area contributed by atoms with E-state index in [1.54, 1.807) is 35.0 Å². The Morgan fingerprint density at radius 2 is 1.51 bits per heavy atom. The fraction of sp³-hybridized carbons (Fsp3) is 0.574. The molecule has 10 nitrogen and oxygen atoms in total. The molecule has 0 aromatic heterocycles. The molecule has 2 aromatic rings. The Labute approximate surface area is 356 Å². The number of esters is 1. The predicted octanol–water partition coefficient (Wildman–Crippen LogP) is 9.29. The number of ether oxygens (including phenoxy) is 6. The topological polar surface area (TPSA) is 108 Å². The average Bonchev–Trinajstić information content (AvgIpc) is 3.61. The highest BCUT2D eigenvalue weighted by atomic mass is 28.4. The molecule has 59 heavy (non-hydrogen) atoms. The molecule has 2 aromatic carbocycles. The SMILES string of the molecule is C#C[C@@H](Oc1ccccc1)[C@@]1(O[Si](CC)(CC)CC)C[C@H](OCOC)C=C1C#C[C@@](C=O)(O[Si](CC)(CC)CC)[C@H](COC(=O)C(C)(C)C)OCc1ccc(OC)cc1. The van der Waals surface area contributed by atoms with Crippen LogP contribution in [0.5, 0.6) is 11.5 Å². The molecule has 1 aliphatic carbocycles. The van der Waals surface area contributed by atoms with Crippen LogP contribution in [-0.4, -0.2) is 86.0 Å². The van der Waals surface area contributed by atoms with Crippen LogP contribution in [0.4, 0.5) is 0 Å². The fourth-order valence-corrected chi connectivity index (χ4v) is 13.1. The zero-order chi connectivity index (χ0) is 43.7. The zero-order valence-electron chi connectivity index (χ0n) is 37.3. The quantitative estimate of drug-likeness (QED) is 0.0334. The summed E-state index contributed by atoms with van der Waals surface area (Å²) >= 11 is 0. The van der Waals surface area contributed by atoms with Gasteiger partial charge in [-0.3, -0.25) is 9.59 Å². The third kappa shape index (κ3) is 12.7. The predicted molar refractivity (Wildman–Crippen MR) is 237 cm³/mol. The summed E-state index contributed by atoms with van der Waals surface area (Å²) in [5.74, 6) is 10.5. The molecule has 0 saturated heterocycles. The summed E-state index contributed by atoms with van der Waals surface area (Å²) in [4.78, 5) is 27.3. The maximum atomic E-state index is 14.0. The summed E-state index contributed by atoms with van der Waals surface area (Å²) in [5, 5.41) is 0. The summed E-state index contributed by atoms with van der Waals surface area (Å²) in [6, 6.07) is 21.4. The summed E-state index contributed by atoms with van der Waals surface area (Å²) in [5.41, 5.74) is -2.64. The number of benzene rings is 2. The standard InChI is InChI=1S/C47H68O10Si2/c1-13-42(55-40-23-21-20-22-24-40)47(57-59(17-5,18-6)19-7)32-41(54-36-50-11)31-38(47)29-30-46(35-48,56-58(14-2,15-3)16-4)43(34-53-44(49)45(8,9)10)52-33-37-25-27-39(51-12)28-26-37/h1,20-28,31,35,41-43H,14-19,32-34,36H2,2-12H3/t41-,42-,43+,46+,47-/m1/s1. The monoisotopic (exact) mass is 848 g/mol. The Morgan fingerprint density at radius 3 is 2.02 bits per heavy atom. The Morgan fingerprint density at radius 1 is 0.898 bits per heavy atom. The van der Waals surface area contributed by atoms with E-state index in [4.69, 9.17) is 43.7 Å². The number of carbonyl (C=O) groups excluding carboxylic acids is 2. The lowest BCUT2D eigenvalue weighted by Gasteiger charge is -2.44. The Balaban J connectivity index is 2.38. The maximum absolute atomic E-state index is 14.0. The fourth-order valence-electron chi connectivity index (χ4n) is 7.23. The van der Waals surface area contributed by atoms with Crippen molar-refractivity contribution in [1.82, 2.24) is 0 Å². The molecule has 0 spiro atoms. The molecule has 324 valence electrons. The van der Waals surface area contributed by atoms with E-state index in [0.717, 1.165) is 23.7 Å². The molecule has 1 aliphatic rings. The van der Waals surface area contributed by atoms with Crippen LogP contribution in [0, 0.1) is 29.6 Å². The molecule has 5 atom stereocenters. The van der Waals surface area contributed by atoms with E-state index >= 15 is 0 Å². The van der Waals surface area contributed by atoms with Gasteiger partial charge in [-0.1, -0.05) is 89.6 Å². The third-order valence-electron chi connectivity index (χ3n) is 11.6.